The monoisotopic (exact) mass is 389 g/mol. The van der Waals surface area contributed by atoms with Gasteiger partial charge < -0.3 is 19.5 Å². The molecule has 27 heavy (non-hydrogen) atoms. The van der Waals surface area contributed by atoms with Crippen LogP contribution in [0.4, 0.5) is 5.00 Å². The van der Waals surface area contributed by atoms with E-state index in [1.54, 1.807) is 19.1 Å². The summed E-state index contributed by atoms with van der Waals surface area (Å²) in [6, 6.07) is 7.20. The summed E-state index contributed by atoms with van der Waals surface area (Å²) in [7, 11) is 0. The van der Waals surface area contributed by atoms with Crippen LogP contribution in [0.5, 0.6) is 11.5 Å². The van der Waals surface area contributed by atoms with Crippen molar-refractivity contribution in [3.63, 3.8) is 0 Å². The Balaban J connectivity index is 1.69. The maximum absolute atomic E-state index is 12.4. The minimum atomic E-state index is -0.380. The van der Waals surface area contributed by atoms with Crippen molar-refractivity contribution < 1.29 is 23.8 Å². The van der Waals surface area contributed by atoms with E-state index in [0.717, 1.165) is 29.7 Å². The van der Waals surface area contributed by atoms with E-state index in [9.17, 15) is 9.59 Å². The molecule has 0 unspecified atom stereocenters. The van der Waals surface area contributed by atoms with Crippen LogP contribution in [-0.2, 0) is 22.4 Å². The van der Waals surface area contributed by atoms with E-state index < -0.39 is 0 Å². The van der Waals surface area contributed by atoms with E-state index in [0.29, 0.717) is 35.3 Å². The maximum atomic E-state index is 12.4. The number of thiophene rings is 1. The fourth-order valence-electron chi connectivity index (χ4n) is 3.06. The van der Waals surface area contributed by atoms with Gasteiger partial charge in [-0.1, -0.05) is 12.1 Å². The summed E-state index contributed by atoms with van der Waals surface area (Å²) in [4.78, 5) is 25.9. The lowest BCUT2D eigenvalue weighted by Gasteiger charge is -2.12. The van der Waals surface area contributed by atoms with E-state index >= 15 is 0 Å². The van der Waals surface area contributed by atoms with Crippen LogP contribution in [0.25, 0.3) is 0 Å². The quantitative estimate of drug-likeness (QED) is 0.695. The van der Waals surface area contributed by atoms with Crippen LogP contribution < -0.4 is 14.8 Å². The van der Waals surface area contributed by atoms with Gasteiger partial charge in [-0.3, -0.25) is 4.79 Å². The Hall–Kier alpha value is -2.54. The first kappa shape index (κ1) is 19.2. The molecule has 7 heteroatoms. The first-order valence-corrected chi connectivity index (χ1v) is 9.91. The molecule has 2 aromatic rings. The Labute approximate surface area is 162 Å². The van der Waals surface area contributed by atoms with Crippen LogP contribution in [-0.4, -0.2) is 31.7 Å². The lowest BCUT2D eigenvalue weighted by atomic mass is 10.1. The van der Waals surface area contributed by atoms with Gasteiger partial charge in [-0.25, -0.2) is 4.79 Å². The predicted octanol–water partition coefficient (Wildman–Crippen LogP) is 3.83. The van der Waals surface area contributed by atoms with Crippen LogP contribution in [0.15, 0.2) is 24.3 Å². The summed E-state index contributed by atoms with van der Waals surface area (Å²) >= 11 is 1.45. The molecule has 0 bridgehead atoms. The predicted molar refractivity (Wildman–Crippen MR) is 104 cm³/mol. The van der Waals surface area contributed by atoms with Gasteiger partial charge in [0.1, 0.15) is 5.00 Å². The van der Waals surface area contributed by atoms with Gasteiger partial charge in [-0.05, 0) is 50.8 Å². The molecule has 1 amide bonds. The SMILES string of the molecule is CCOC(=O)c1c(NC(=O)COc2ccccc2OCC)sc2c1CCC2. The van der Waals surface area contributed by atoms with Crippen molar-refractivity contribution in [1.82, 2.24) is 0 Å². The summed E-state index contributed by atoms with van der Waals surface area (Å²) in [5, 5.41) is 3.36. The molecule has 1 aromatic carbocycles. The molecular weight excluding hydrogens is 366 g/mol. The van der Waals surface area contributed by atoms with Crippen molar-refractivity contribution in [3.8, 4) is 11.5 Å². The standard InChI is InChI=1S/C20H23NO5S/c1-3-24-14-9-5-6-10-15(14)26-12-17(22)21-19-18(20(23)25-4-2)13-8-7-11-16(13)27-19/h5-6,9-10H,3-4,7-8,11-12H2,1-2H3,(H,21,22). The van der Waals surface area contributed by atoms with Gasteiger partial charge in [0.25, 0.3) is 5.91 Å². The number of nitrogens with one attached hydrogen (secondary N) is 1. The molecule has 1 N–H and O–H groups in total. The minimum absolute atomic E-state index is 0.172. The van der Waals surface area contributed by atoms with Gasteiger partial charge in [0.05, 0.1) is 18.8 Å². The molecule has 144 valence electrons. The molecular formula is C20H23NO5S. The van der Waals surface area contributed by atoms with Gasteiger partial charge in [0, 0.05) is 4.88 Å². The van der Waals surface area contributed by atoms with Crippen molar-refractivity contribution in [2.24, 2.45) is 0 Å². The van der Waals surface area contributed by atoms with Crippen LogP contribution >= 0.6 is 11.3 Å². The third-order valence-corrected chi connectivity index (χ3v) is 5.37. The average molecular weight is 389 g/mol. The number of carbonyl (C=O) groups excluding carboxylic acids is 2. The number of esters is 1. The number of amides is 1. The highest BCUT2D eigenvalue weighted by Crippen LogP contribution is 2.39. The molecule has 0 atom stereocenters. The molecule has 1 aliphatic carbocycles. The Morgan fingerprint density at radius 2 is 1.81 bits per heavy atom. The van der Waals surface area contributed by atoms with Gasteiger partial charge in [-0.15, -0.1) is 11.3 Å². The van der Waals surface area contributed by atoms with Crippen molar-refractivity contribution >= 4 is 28.2 Å². The third kappa shape index (κ3) is 4.42. The van der Waals surface area contributed by atoms with E-state index in [2.05, 4.69) is 5.32 Å². The largest absolute Gasteiger partial charge is 0.490 e. The van der Waals surface area contributed by atoms with Crippen LogP contribution in [0.1, 0.15) is 41.1 Å². The number of rotatable bonds is 8. The number of benzene rings is 1. The number of fused-ring (bicyclic) bond motifs is 1. The van der Waals surface area contributed by atoms with Gasteiger partial charge in [0.2, 0.25) is 0 Å². The molecule has 0 fully saturated rings. The zero-order valence-corrected chi connectivity index (χ0v) is 16.3. The van der Waals surface area contributed by atoms with Gasteiger partial charge >= 0.3 is 5.97 Å². The summed E-state index contributed by atoms with van der Waals surface area (Å²) < 4.78 is 16.3. The normalized spacial score (nSPS) is 12.4. The van der Waals surface area contributed by atoms with Crippen molar-refractivity contribution in [3.05, 3.63) is 40.3 Å². The molecule has 0 spiro atoms. The number of para-hydroxylation sites is 2. The first-order chi connectivity index (χ1) is 13.1. The van der Waals surface area contributed by atoms with E-state index in [1.807, 2.05) is 19.1 Å². The van der Waals surface area contributed by atoms with E-state index in [1.165, 1.54) is 11.3 Å². The summed E-state index contributed by atoms with van der Waals surface area (Å²) in [5.74, 6) is 0.394. The first-order valence-electron chi connectivity index (χ1n) is 9.10. The van der Waals surface area contributed by atoms with Gasteiger partial charge in [0.15, 0.2) is 18.1 Å². The Morgan fingerprint density at radius 3 is 2.52 bits per heavy atom. The number of carbonyl (C=O) groups is 2. The highest BCUT2D eigenvalue weighted by atomic mass is 32.1. The maximum Gasteiger partial charge on any atom is 0.341 e. The second kappa shape index (κ2) is 8.90. The summed E-state index contributed by atoms with van der Waals surface area (Å²) in [6.45, 7) is 4.29. The van der Waals surface area contributed by atoms with Crippen LogP contribution in [0, 0.1) is 0 Å². The number of hydrogen-bond donors (Lipinski definition) is 1. The Bertz CT molecular complexity index is 830. The second-order valence-electron chi connectivity index (χ2n) is 6.00. The average Bonchev–Trinajstić information content (AvgIpc) is 3.22. The summed E-state index contributed by atoms with van der Waals surface area (Å²) in [6.07, 6.45) is 2.80. The van der Waals surface area contributed by atoms with Crippen molar-refractivity contribution in [1.29, 1.82) is 0 Å². The number of anilines is 1. The van der Waals surface area contributed by atoms with E-state index in [4.69, 9.17) is 14.2 Å². The van der Waals surface area contributed by atoms with Crippen LogP contribution in [0.2, 0.25) is 0 Å². The molecule has 0 radical (unpaired) electrons. The molecule has 1 heterocycles. The fraction of sp³-hybridized carbons (Fsp3) is 0.400. The number of hydrogen-bond acceptors (Lipinski definition) is 6. The Morgan fingerprint density at radius 1 is 1.07 bits per heavy atom. The summed E-state index contributed by atoms with van der Waals surface area (Å²) in [5.41, 5.74) is 1.51. The zero-order valence-electron chi connectivity index (χ0n) is 15.5. The fourth-order valence-corrected chi connectivity index (χ4v) is 4.36. The topological polar surface area (TPSA) is 73.9 Å². The molecule has 3 rings (SSSR count). The highest BCUT2D eigenvalue weighted by molar-refractivity contribution is 7.17. The third-order valence-electron chi connectivity index (χ3n) is 4.16. The molecule has 0 saturated carbocycles. The van der Waals surface area contributed by atoms with E-state index in [-0.39, 0.29) is 18.5 Å². The molecule has 0 aliphatic heterocycles. The molecule has 6 nitrogen and oxygen atoms in total. The zero-order chi connectivity index (χ0) is 19.2. The van der Waals surface area contributed by atoms with Crippen LogP contribution in [0.3, 0.4) is 0 Å². The highest BCUT2D eigenvalue weighted by Gasteiger charge is 2.28. The Kier molecular flexibility index (Phi) is 6.34. The smallest absolute Gasteiger partial charge is 0.341 e. The number of aryl methyl sites for hydroxylation is 1. The molecule has 1 aliphatic rings. The van der Waals surface area contributed by atoms with Crippen molar-refractivity contribution in [2.45, 2.75) is 33.1 Å². The minimum Gasteiger partial charge on any atom is -0.490 e. The lowest BCUT2D eigenvalue weighted by molar-refractivity contribution is -0.118. The van der Waals surface area contributed by atoms with Gasteiger partial charge in [-0.2, -0.15) is 0 Å². The van der Waals surface area contributed by atoms with Crippen molar-refractivity contribution in [2.75, 3.05) is 25.1 Å². The lowest BCUT2D eigenvalue weighted by Crippen LogP contribution is -2.21. The molecule has 1 aromatic heterocycles. The number of ether oxygens (including phenoxy) is 3. The second-order valence-corrected chi connectivity index (χ2v) is 7.10. The molecule has 0 saturated heterocycles.